The molecule has 0 aliphatic rings. The smallest absolute Gasteiger partial charge is 0.330 e. The summed E-state index contributed by atoms with van der Waals surface area (Å²) in [6, 6.07) is 19.9. The van der Waals surface area contributed by atoms with Crippen molar-refractivity contribution in [3.63, 3.8) is 0 Å². The minimum absolute atomic E-state index is 0.273. The van der Waals surface area contributed by atoms with Gasteiger partial charge in [-0.15, -0.1) is 0 Å². The molecule has 0 bridgehead atoms. The first-order valence-electron chi connectivity index (χ1n) is 13.3. The average Bonchev–Trinajstić information content (AvgIpc) is 2.93. The molecular formula is C30H42BrNO4SSi. The molecule has 0 N–H and O–H groups in total. The van der Waals surface area contributed by atoms with Crippen LogP contribution in [-0.4, -0.2) is 51.8 Å². The normalized spacial score (nSPS) is 13.7. The van der Waals surface area contributed by atoms with Crippen molar-refractivity contribution in [2.75, 3.05) is 19.0 Å². The van der Waals surface area contributed by atoms with E-state index in [2.05, 4.69) is 42.8 Å². The van der Waals surface area contributed by atoms with E-state index in [9.17, 15) is 13.2 Å². The van der Waals surface area contributed by atoms with Gasteiger partial charge in [0.2, 0.25) is 10.0 Å². The van der Waals surface area contributed by atoms with Crippen LogP contribution in [0.25, 0.3) is 0 Å². The molecule has 8 heteroatoms. The van der Waals surface area contributed by atoms with E-state index in [1.54, 1.807) is 22.5 Å². The summed E-state index contributed by atoms with van der Waals surface area (Å²) in [6.07, 6.45) is 6.15. The number of hydrogen-bond acceptors (Lipinski definition) is 4. The van der Waals surface area contributed by atoms with Crippen molar-refractivity contribution in [2.24, 2.45) is 0 Å². The van der Waals surface area contributed by atoms with Crippen molar-refractivity contribution >= 4 is 40.0 Å². The Morgan fingerprint density at radius 1 is 1.03 bits per heavy atom. The van der Waals surface area contributed by atoms with Gasteiger partial charge in [0.15, 0.2) is 0 Å². The number of benzene rings is 2. The Balaban J connectivity index is 2.63. The second-order valence-electron chi connectivity index (χ2n) is 9.60. The van der Waals surface area contributed by atoms with E-state index >= 15 is 0 Å². The number of carbonyl (C=O) groups is 1. The molecule has 5 nitrogen and oxygen atoms in total. The maximum Gasteiger partial charge on any atom is 0.330 e. The maximum absolute atomic E-state index is 14.2. The first-order valence-corrected chi connectivity index (χ1v) is 18.5. The number of carbonyl (C=O) groups excluding carboxylic acids is 1. The molecule has 0 aliphatic carbocycles. The molecule has 0 spiro atoms. The molecule has 1 atom stereocenters. The van der Waals surface area contributed by atoms with E-state index in [1.807, 2.05) is 49.4 Å². The summed E-state index contributed by atoms with van der Waals surface area (Å²) < 4.78 is 34.7. The molecule has 2 rings (SSSR count). The molecule has 0 saturated heterocycles. The van der Waals surface area contributed by atoms with Gasteiger partial charge in [-0.1, -0.05) is 120 Å². The molecule has 0 aromatic heterocycles. The van der Waals surface area contributed by atoms with Crippen molar-refractivity contribution in [1.29, 1.82) is 0 Å². The van der Waals surface area contributed by atoms with Crippen LogP contribution >= 0.6 is 15.9 Å². The van der Waals surface area contributed by atoms with Gasteiger partial charge in [0.25, 0.3) is 0 Å². The molecule has 0 heterocycles. The van der Waals surface area contributed by atoms with Crippen LogP contribution in [0.15, 0.2) is 82.9 Å². The van der Waals surface area contributed by atoms with Gasteiger partial charge in [-0.3, -0.25) is 0 Å². The summed E-state index contributed by atoms with van der Waals surface area (Å²) in [5, 5.41) is 2.11. The first kappa shape index (κ1) is 32.2. The van der Waals surface area contributed by atoms with Crippen molar-refractivity contribution in [3.05, 3.63) is 89.1 Å². The van der Waals surface area contributed by atoms with Gasteiger partial charge in [0.1, 0.15) is 0 Å². The summed E-state index contributed by atoms with van der Waals surface area (Å²) in [6.45, 7) is 8.99. The number of halogens is 1. The van der Waals surface area contributed by atoms with E-state index in [0.717, 1.165) is 34.6 Å². The van der Waals surface area contributed by atoms with Crippen LogP contribution in [0.4, 0.5) is 0 Å². The lowest BCUT2D eigenvalue weighted by atomic mass is 10.0. The third-order valence-corrected chi connectivity index (χ3v) is 16.4. The first-order chi connectivity index (χ1) is 18.2. The summed E-state index contributed by atoms with van der Waals surface area (Å²) in [4.78, 5) is 12.1. The van der Waals surface area contributed by atoms with Crippen molar-refractivity contribution < 1.29 is 17.9 Å². The molecular weight excluding hydrogens is 578 g/mol. The third-order valence-electron chi connectivity index (χ3n) is 7.59. The Labute approximate surface area is 239 Å². The summed E-state index contributed by atoms with van der Waals surface area (Å²) in [5.74, 6) is -0.456. The van der Waals surface area contributed by atoms with Crippen LogP contribution in [0, 0.1) is 6.92 Å². The van der Waals surface area contributed by atoms with Crippen LogP contribution < -0.4 is 0 Å². The van der Waals surface area contributed by atoms with Crippen molar-refractivity contribution in [3.8, 4) is 0 Å². The van der Waals surface area contributed by atoms with E-state index in [4.69, 9.17) is 4.74 Å². The lowest BCUT2D eigenvalue weighted by Crippen LogP contribution is -2.42. The fourth-order valence-corrected chi connectivity index (χ4v) is 12.2. The number of rotatable bonds is 15. The summed E-state index contributed by atoms with van der Waals surface area (Å²) in [5.41, 5.74) is 2.04. The van der Waals surface area contributed by atoms with Gasteiger partial charge in [-0.25, -0.2) is 13.2 Å². The highest BCUT2D eigenvalue weighted by atomic mass is 79.9. The van der Waals surface area contributed by atoms with Crippen molar-refractivity contribution in [2.45, 2.75) is 69.6 Å². The molecule has 0 unspecified atom stereocenters. The zero-order valence-electron chi connectivity index (χ0n) is 23.3. The fraction of sp³-hybridized carbons (Fsp3) is 0.433. The van der Waals surface area contributed by atoms with E-state index in [-0.39, 0.29) is 11.4 Å². The Bertz CT molecular complexity index is 1170. The number of alkyl halides is 1. The number of esters is 1. The van der Waals surface area contributed by atoms with Crippen LogP contribution in [0.1, 0.15) is 38.3 Å². The van der Waals surface area contributed by atoms with Crippen LogP contribution in [0.2, 0.25) is 18.1 Å². The molecule has 0 fully saturated rings. The molecule has 0 radical (unpaired) electrons. The SMILES string of the molecule is CC[Si](CC)(CC)/C(=C/CN([C@H](C/C=C/C(=O)OC)Cc1ccccc1)S(=O)(=O)c1ccc(C)cc1)CBr. The highest BCUT2D eigenvalue weighted by Gasteiger charge is 2.33. The Hall–Kier alpha value is -2.00. The van der Waals surface area contributed by atoms with Crippen LogP contribution in [0.5, 0.6) is 0 Å². The Morgan fingerprint density at radius 3 is 2.16 bits per heavy atom. The molecule has 2 aromatic rings. The largest absolute Gasteiger partial charge is 0.466 e. The lowest BCUT2D eigenvalue weighted by molar-refractivity contribution is -0.134. The highest BCUT2D eigenvalue weighted by Crippen LogP contribution is 2.31. The van der Waals surface area contributed by atoms with Crippen LogP contribution in [0.3, 0.4) is 0 Å². The molecule has 2 aromatic carbocycles. The van der Waals surface area contributed by atoms with Gasteiger partial charge in [-0.05, 0) is 37.5 Å². The zero-order chi connectivity index (χ0) is 28.2. The quantitative estimate of drug-likeness (QED) is 0.0924. The van der Waals surface area contributed by atoms with Crippen molar-refractivity contribution in [1.82, 2.24) is 4.31 Å². The number of ether oxygens (including phenoxy) is 1. The summed E-state index contributed by atoms with van der Waals surface area (Å²) >= 11 is 3.72. The monoisotopic (exact) mass is 619 g/mol. The minimum atomic E-state index is -3.82. The Morgan fingerprint density at radius 2 is 1.63 bits per heavy atom. The van der Waals surface area contributed by atoms with Crippen LogP contribution in [-0.2, 0) is 26.0 Å². The number of nitrogens with zero attached hydrogens (tertiary/aromatic N) is 1. The van der Waals surface area contributed by atoms with E-state index in [1.165, 1.54) is 18.4 Å². The number of methoxy groups -OCH3 is 1. The predicted octanol–water partition coefficient (Wildman–Crippen LogP) is 7.09. The zero-order valence-corrected chi connectivity index (χ0v) is 26.7. The molecule has 0 aliphatic heterocycles. The standard InChI is InChI=1S/C30H42BrNO4SSi/c1-6-38(7-2,8-3)29(24-31)21-22-32(37(34,35)28-19-17-25(4)18-20-28)27(15-12-16-30(33)36-5)23-26-13-10-9-11-14-26/h9-14,16-21,27H,6-8,15,22-24H2,1-5H3/b16-12+,29-21+/t27-/m1/s1. The summed E-state index contributed by atoms with van der Waals surface area (Å²) in [7, 11) is -4.19. The highest BCUT2D eigenvalue weighted by molar-refractivity contribution is 9.09. The minimum Gasteiger partial charge on any atom is -0.466 e. The van der Waals surface area contributed by atoms with E-state index in [0.29, 0.717) is 12.8 Å². The molecule has 38 heavy (non-hydrogen) atoms. The van der Waals surface area contributed by atoms with Gasteiger partial charge in [-0.2, -0.15) is 4.31 Å². The van der Waals surface area contributed by atoms with Gasteiger partial charge >= 0.3 is 5.97 Å². The Kier molecular flexibility index (Phi) is 13.2. The number of aryl methyl sites for hydroxylation is 1. The molecule has 208 valence electrons. The van der Waals surface area contributed by atoms with Gasteiger partial charge in [0, 0.05) is 24.0 Å². The number of hydrogen-bond donors (Lipinski definition) is 0. The lowest BCUT2D eigenvalue weighted by Gasteiger charge is -2.33. The molecule has 0 saturated carbocycles. The number of allylic oxidation sites excluding steroid dienone is 1. The third kappa shape index (κ3) is 8.50. The second kappa shape index (κ2) is 15.6. The molecule has 0 amide bonds. The van der Waals surface area contributed by atoms with E-state index < -0.39 is 30.1 Å². The predicted molar refractivity (Wildman–Crippen MR) is 164 cm³/mol. The second-order valence-corrected chi connectivity index (χ2v) is 17.4. The number of sulfonamides is 1. The van der Waals surface area contributed by atoms with Gasteiger partial charge < -0.3 is 4.74 Å². The topological polar surface area (TPSA) is 63.7 Å². The average molecular weight is 621 g/mol. The van der Waals surface area contributed by atoms with Gasteiger partial charge in [0.05, 0.1) is 20.1 Å². The fourth-order valence-electron chi connectivity index (χ4n) is 4.91. The maximum atomic E-state index is 14.2.